The zero-order valence-electron chi connectivity index (χ0n) is 12.0. The van der Waals surface area contributed by atoms with Crippen LogP contribution in [0.3, 0.4) is 0 Å². The summed E-state index contributed by atoms with van der Waals surface area (Å²) in [6.45, 7) is 9.67. The number of nitriles is 1. The highest BCUT2D eigenvalue weighted by Gasteiger charge is 2.19. The monoisotopic (exact) mass is 257 g/mol. The quantitative estimate of drug-likeness (QED) is 0.831. The molecule has 0 aliphatic carbocycles. The fourth-order valence-electron chi connectivity index (χ4n) is 2.68. The molecule has 1 aromatic rings. The Bertz CT molecular complexity index is 440. The predicted molar refractivity (Wildman–Crippen MR) is 79.4 cm³/mol. The van der Waals surface area contributed by atoms with E-state index in [2.05, 4.69) is 54.0 Å². The molecule has 0 bridgehead atoms. The molecular weight excluding hydrogens is 234 g/mol. The highest BCUT2D eigenvalue weighted by molar-refractivity contribution is 5.55. The molecule has 0 amide bonds. The fraction of sp³-hybridized carbons (Fsp3) is 0.562. The van der Waals surface area contributed by atoms with Crippen molar-refractivity contribution in [2.45, 2.75) is 26.2 Å². The second-order valence-corrected chi connectivity index (χ2v) is 5.45. The number of piperazine rings is 1. The van der Waals surface area contributed by atoms with E-state index >= 15 is 0 Å². The summed E-state index contributed by atoms with van der Waals surface area (Å²) in [5.41, 5.74) is 2.82. The van der Waals surface area contributed by atoms with Crippen molar-refractivity contribution in [3.8, 4) is 6.07 Å². The van der Waals surface area contributed by atoms with Crippen molar-refractivity contribution in [2.75, 3.05) is 37.6 Å². The van der Waals surface area contributed by atoms with Crippen LogP contribution >= 0.6 is 0 Å². The molecule has 102 valence electrons. The van der Waals surface area contributed by atoms with Gasteiger partial charge in [-0.05, 0) is 17.5 Å². The highest BCUT2D eigenvalue weighted by atomic mass is 15.3. The fourth-order valence-corrected chi connectivity index (χ4v) is 2.68. The lowest BCUT2D eigenvalue weighted by molar-refractivity contribution is 0.263. The van der Waals surface area contributed by atoms with Crippen molar-refractivity contribution in [1.82, 2.24) is 4.90 Å². The van der Waals surface area contributed by atoms with Crippen LogP contribution in [0.2, 0.25) is 0 Å². The molecular formula is C16H23N3. The molecule has 1 saturated heterocycles. The van der Waals surface area contributed by atoms with Gasteiger partial charge in [0.05, 0.1) is 6.07 Å². The number of hydrogen-bond donors (Lipinski definition) is 0. The molecule has 19 heavy (non-hydrogen) atoms. The van der Waals surface area contributed by atoms with Gasteiger partial charge in [0.15, 0.2) is 0 Å². The number of para-hydroxylation sites is 1. The molecule has 0 spiro atoms. The molecule has 3 nitrogen and oxygen atoms in total. The van der Waals surface area contributed by atoms with Crippen LogP contribution in [0, 0.1) is 11.3 Å². The second-order valence-electron chi connectivity index (χ2n) is 5.45. The Morgan fingerprint density at radius 2 is 1.84 bits per heavy atom. The summed E-state index contributed by atoms with van der Waals surface area (Å²) in [6, 6.07) is 11.0. The third-order valence-corrected chi connectivity index (χ3v) is 3.81. The molecule has 1 aromatic carbocycles. The molecule has 3 heteroatoms. The van der Waals surface area contributed by atoms with Crippen LogP contribution in [0.25, 0.3) is 0 Å². The number of hydrogen-bond acceptors (Lipinski definition) is 3. The van der Waals surface area contributed by atoms with Gasteiger partial charge in [0.2, 0.25) is 0 Å². The summed E-state index contributed by atoms with van der Waals surface area (Å²) >= 11 is 0. The van der Waals surface area contributed by atoms with Crippen LogP contribution in [-0.4, -0.2) is 37.6 Å². The van der Waals surface area contributed by atoms with E-state index in [0.717, 1.165) is 32.7 Å². The standard InChI is InChI=1S/C16H23N3/c1-14(2)15-6-3-4-7-16(15)19-12-10-18(11-13-19)9-5-8-17/h3-4,6-7,14H,5,9-13H2,1-2H3. The molecule has 0 N–H and O–H groups in total. The minimum absolute atomic E-state index is 0.563. The molecule has 0 saturated carbocycles. The van der Waals surface area contributed by atoms with Gasteiger partial charge >= 0.3 is 0 Å². The molecule has 0 atom stereocenters. The van der Waals surface area contributed by atoms with Gasteiger partial charge in [-0.3, -0.25) is 4.90 Å². The van der Waals surface area contributed by atoms with E-state index in [1.807, 2.05) is 0 Å². The van der Waals surface area contributed by atoms with Crippen molar-refractivity contribution in [2.24, 2.45) is 0 Å². The van der Waals surface area contributed by atoms with Gasteiger partial charge in [0.1, 0.15) is 0 Å². The SMILES string of the molecule is CC(C)c1ccccc1N1CCN(CCC#N)CC1. The molecule has 1 aliphatic heterocycles. The van der Waals surface area contributed by atoms with Crippen LogP contribution in [0.4, 0.5) is 5.69 Å². The smallest absolute Gasteiger partial charge is 0.0635 e. The molecule has 1 heterocycles. The summed E-state index contributed by atoms with van der Waals surface area (Å²) < 4.78 is 0. The van der Waals surface area contributed by atoms with Gasteiger partial charge in [0, 0.05) is 44.8 Å². The zero-order chi connectivity index (χ0) is 13.7. The Kier molecular flexibility index (Phi) is 4.81. The summed E-state index contributed by atoms with van der Waals surface area (Å²) in [5.74, 6) is 0.563. The van der Waals surface area contributed by atoms with Crippen molar-refractivity contribution in [3.05, 3.63) is 29.8 Å². The average molecular weight is 257 g/mol. The van der Waals surface area contributed by atoms with Crippen molar-refractivity contribution in [1.29, 1.82) is 5.26 Å². The van der Waals surface area contributed by atoms with Gasteiger partial charge in [0.25, 0.3) is 0 Å². The number of anilines is 1. The van der Waals surface area contributed by atoms with Crippen LogP contribution in [-0.2, 0) is 0 Å². The topological polar surface area (TPSA) is 30.3 Å². The lowest BCUT2D eigenvalue weighted by Crippen LogP contribution is -2.46. The van der Waals surface area contributed by atoms with Gasteiger partial charge < -0.3 is 4.90 Å². The lowest BCUT2D eigenvalue weighted by atomic mass is 10.00. The van der Waals surface area contributed by atoms with Crippen molar-refractivity contribution < 1.29 is 0 Å². The van der Waals surface area contributed by atoms with E-state index in [1.165, 1.54) is 11.3 Å². The molecule has 0 radical (unpaired) electrons. The van der Waals surface area contributed by atoms with Gasteiger partial charge in [-0.25, -0.2) is 0 Å². The maximum Gasteiger partial charge on any atom is 0.0635 e. The molecule has 1 aliphatic rings. The van der Waals surface area contributed by atoms with Crippen molar-refractivity contribution >= 4 is 5.69 Å². The largest absolute Gasteiger partial charge is 0.369 e. The minimum Gasteiger partial charge on any atom is -0.369 e. The van der Waals surface area contributed by atoms with E-state index in [9.17, 15) is 0 Å². The number of rotatable bonds is 4. The molecule has 0 unspecified atom stereocenters. The van der Waals surface area contributed by atoms with Gasteiger partial charge in [-0.1, -0.05) is 32.0 Å². The summed E-state index contributed by atoms with van der Waals surface area (Å²) in [6.07, 6.45) is 0.641. The van der Waals surface area contributed by atoms with Crippen molar-refractivity contribution in [3.63, 3.8) is 0 Å². The van der Waals surface area contributed by atoms with E-state index in [4.69, 9.17) is 5.26 Å². The summed E-state index contributed by atoms with van der Waals surface area (Å²) in [5, 5.41) is 8.64. The Morgan fingerprint density at radius 1 is 1.16 bits per heavy atom. The third-order valence-electron chi connectivity index (χ3n) is 3.81. The van der Waals surface area contributed by atoms with Gasteiger partial charge in [-0.15, -0.1) is 0 Å². The van der Waals surface area contributed by atoms with E-state index < -0.39 is 0 Å². The first kappa shape index (κ1) is 13.9. The van der Waals surface area contributed by atoms with Gasteiger partial charge in [-0.2, -0.15) is 5.26 Å². The van der Waals surface area contributed by atoms with Crippen LogP contribution in [0.5, 0.6) is 0 Å². The second kappa shape index (κ2) is 6.58. The van der Waals surface area contributed by atoms with E-state index in [1.54, 1.807) is 0 Å². The zero-order valence-corrected chi connectivity index (χ0v) is 12.0. The average Bonchev–Trinajstić information content (AvgIpc) is 2.45. The summed E-state index contributed by atoms with van der Waals surface area (Å²) in [7, 11) is 0. The predicted octanol–water partition coefficient (Wildman–Crippen LogP) is 2.85. The molecule has 1 fully saturated rings. The van der Waals surface area contributed by atoms with Crippen LogP contribution < -0.4 is 4.90 Å². The Hall–Kier alpha value is -1.53. The maximum atomic E-state index is 8.64. The van der Waals surface area contributed by atoms with Crippen LogP contribution in [0.15, 0.2) is 24.3 Å². The normalized spacial score (nSPS) is 16.6. The Balaban J connectivity index is 2.00. The molecule has 2 rings (SSSR count). The van der Waals surface area contributed by atoms with Crippen LogP contribution in [0.1, 0.15) is 31.7 Å². The van der Waals surface area contributed by atoms with E-state index in [-0.39, 0.29) is 0 Å². The minimum atomic E-state index is 0.563. The lowest BCUT2D eigenvalue weighted by Gasteiger charge is -2.37. The first-order valence-electron chi connectivity index (χ1n) is 7.15. The number of benzene rings is 1. The Labute approximate surface area is 116 Å². The summed E-state index contributed by atoms with van der Waals surface area (Å²) in [4.78, 5) is 4.87. The third kappa shape index (κ3) is 3.48. The Morgan fingerprint density at radius 3 is 2.47 bits per heavy atom. The first-order valence-corrected chi connectivity index (χ1v) is 7.15. The first-order chi connectivity index (χ1) is 9.22. The van der Waals surface area contributed by atoms with E-state index in [0.29, 0.717) is 12.3 Å². The highest BCUT2D eigenvalue weighted by Crippen LogP contribution is 2.27. The maximum absolute atomic E-state index is 8.64. The molecule has 0 aromatic heterocycles. The number of nitrogens with zero attached hydrogens (tertiary/aromatic N) is 3.